The monoisotopic (exact) mass is 428 g/mol. The summed E-state index contributed by atoms with van der Waals surface area (Å²) in [7, 11) is 0. The van der Waals surface area contributed by atoms with Crippen LogP contribution in [0, 0.1) is 10.1 Å². The lowest BCUT2D eigenvalue weighted by molar-refractivity contribution is -0.384. The van der Waals surface area contributed by atoms with E-state index in [-0.39, 0.29) is 16.9 Å². The highest BCUT2D eigenvalue weighted by Gasteiger charge is 2.15. The minimum atomic E-state index is -0.489. The van der Waals surface area contributed by atoms with Gasteiger partial charge in [0, 0.05) is 35.0 Å². The number of non-ortho nitro benzene ring substituents is 1. The van der Waals surface area contributed by atoms with Gasteiger partial charge in [-0.1, -0.05) is 69.3 Å². The summed E-state index contributed by atoms with van der Waals surface area (Å²) in [6, 6.07) is 20.3. The maximum atomic E-state index is 12.9. The molecule has 6 nitrogen and oxygen atoms in total. The molecule has 0 saturated heterocycles. The standard InChI is InChI=1S/C26H24N2O4/c1-26(2,3)21-13-11-19(12-14-21)25(30)20-7-5-8-22(17-20)27-24(29)15-10-18-6-4-9-23(16-18)28(31)32/h4-17H,1-3H3,(H,27,29)/b15-10+. The second-order valence-electron chi connectivity index (χ2n) is 8.41. The number of carbonyl (C=O) groups excluding carboxylic acids is 2. The molecule has 6 heteroatoms. The number of nitro benzene ring substituents is 1. The maximum absolute atomic E-state index is 12.9. The fourth-order valence-electron chi connectivity index (χ4n) is 3.12. The maximum Gasteiger partial charge on any atom is 0.270 e. The van der Waals surface area contributed by atoms with Crippen LogP contribution in [0.15, 0.2) is 78.9 Å². The summed E-state index contributed by atoms with van der Waals surface area (Å²) in [5, 5.41) is 13.6. The lowest BCUT2D eigenvalue weighted by atomic mass is 9.86. The van der Waals surface area contributed by atoms with E-state index in [0.717, 1.165) is 5.56 Å². The molecule has 32 heavy (non-hydrogen) atoms. The molecule has 0 aliphatic rings. The summed E-state index contributed by atoms with van der Waals surface area (Å²) < 4.78 is 0. The van der Waals surface area contributed by atoms with Crippen LogP contribution in [0.1, 0.15) is 47.8 Å². The van der Waals surface area contributed by atoms with Crippen molar-refractivity contribution in [1.29, 1.82) is 0 Å². The molecule has 3 rings (SSSR count). The summed E-state index contributed by atoms with van der Waals surface area (Å²) in [4.78, 5) is 35.5. The zero-order valence-corrected chi connectivity index (χ0v) is 18.2. The van der Waals surface area contributed by atoms with Gasteiger partial charge in [0.25, 0.3) is 5.69 Å². The summed E-state index contributed by atoms with van der Waals surface area (Å²) in [6.45, 7) is 6.34. The van der Waals surface area contributed by atoms with Gasteiger partial charge in [0.2, 0.25) is 5.91 Å². The zero-order valence-electron chi connectivity index (χ0n) is 18.2. The highest BCUT2D eigenvalue weighted by molar-refractivity contribution is 6.10. The average Bonchev–Trinajstić information content (AvgIpc) is 2.77. The van der Waals surface area contributed by atoms with Crippen LogP contribution in [0.4, 0.5) is 11.4 Å². The molecule has 0 saturated carbocycles. The minimum absolute atomic E-state index is 0.00393. The molecule has 0 fully saturated rings. The van der Waals surface area contributed by atoms with Gasteiger partial charge in [-0.2, -0.15) is 0 Å². The molecule has 3 aromatic rings. The minimum Gasteiger partial charge on any atom is -0.322 e. The molecule has 0 unspecified atom stereocenters. The second-order valence-corrected chi connectivity index (χ2v) is 8.41. The predicted molar refractivity (Wildman–Crippen MR) is 126 cm³/mol. The SMILES string of the molecule is CC(C)(C)c1ccc(C(=O)c2cccc(NC(=O)/C=C/c3cccc([N+](=O)[O-])c3)c2)cc1. The fraction of sp³-hybridized carbons (Fsp3) is 0.154. The van der Waals surface area contributed by atoms with Crippen molar-refractivity contribution >= 4 is 29.1 Å². The summed E-state index contributed by atoms with van der Waals surface area (Å²) in [5.74, 6) is -0.538. The lowest BCUT2D eigenvalue weighted by Crippen LogP contribution is -2.11. The highest BCUT2D eigenvalue weighted by atomic mass is 16.6. The number of anilines is 1. The van der Waals surface area contributed by atoms with Gasteiger partial charge in [-0.05, 0) is 34.8 Å². The van der Waals surface area contributed by atoms with Crippen LogP contribution in [-0.2, 0) is 10.2 Å². The van der Waals surface area contributed by atoms with Crippen molar-refractivity contribution in [3.05, 3.63) is 111 Å². The Bertz CT molecular complexity index is 1190. The highest BCUT2D eigenvalue weighted by Crippen LogP contribution is 2.23. The van der Waals surface area contributed by atoms with E-state index in [1.807, 2.05) is 24.3 Å². The van der Waals surface area contributed by atoms with E-state index in [4.69, 9.17) is 0 Å². The Kier molecular flexibility index (Phi) is 6.64. The molecule has 0 aliphatic heterocycles. The third kappa shape index (κ3) is 5.76. The first-order chi connectivity index (χ1) is 15.1. The van der Waals surface area contributed by atoms with Crippen molar-refractivity contribution in [3.8, 4) is 0 Å². The average molecular weight is 428 g/mol. The van der Waals surface area contributed by atoms with Crippen molar-refractivity contribution in [2.45, 2.75) is 26.2 Å². The number of carbonyl (C=O) groups is 2. The van der Waals surface area contributed by atoms with Crippen LogP contribution in [0.25, 0.3) is 6.08 Å². The number of hydrogen-bond donors (Lipinski definition) is 1. The quantitative estimate of drug-likeness (QED) is 0.233. The molecule has 3 aromatic carbocycles. The van der Waals surface area contributed by atoms with Crippen LogP contribution in [-0.4, -0.2) is 16.6 Å². The molecule has 1 amide bonds. The first kappa shape index (κ1) is 22.6. The molecule has 0 spiro atoms. The Morgan fingerprint density at radius 3 is 2.25 bits per heavy atom. The van der Waals surface area contributed by atoms with Gasteiger partial charge >= 0.3 is 0 Å². The molecule has 0 radical (unpaired) electrons. The molecule has 162 valence electrons. The Morgan fingerprint density at radius 2 is 1.59 bits per heavy atom. The fourth-order valence-corrected chi connectivity index (χ4v) is 3.12. The number of nitrogens with zero attached hydrogens (tertiary/aromatic N) is 1. The summed E-state index contributed by atoms with van der Waals surface area (Å²) in [5.41, 5.74) is 3.16. The van der Waals surface area contributed by atoms with Gasteiger partial charge in [0.05, 0.1) is 4.92 Å². The molecule has 1 N–H and O–H groups in total. The van der Waals surface area contributed by atoms with Crippen molar-refractivity contribution < 1.29 is 14.5 Å². The van der Waals surface area contributed by atoms with Crippen molar-refractivity contribution in [3.63, 3.8) is 0 Å². The van der Waals surface area contributed by atoms with E-state index >= 15 is 0 Å². The Balaban J connectivity index is 1.70. The number of rotatable bonds is 6. The molecular weight excluding hydrogens is 404 g/mol. The number of amides is 1. The molecule has 0 aliphatic carbocycles. The van der Waals surface area contributed by atoms with E-state index in [1.54, 1.807) is 36.4 Å². The van der Waals surface area contributed by atoms with Gasteiger partial charge in [-0.25, -0.2) is 0 Å². The van der Waals surface area contributed by atoms with E-state index in [2.05, 4.69) is 26.1 Å². The third-order valence-corrected chi connectivity index (χ3v) is 4.91. The molecule has 0 bridgehead atoms. The third-order valence-electron chi connectivity index (χ3n) is 4.91. The van der Waals surface area contributed by atoms with E-state index in [9.17, 15) is 19.7 Å². The molecule has 0 heterocycles. The van der Waals surface area contributed by atoms with Crippen LogP contribution in [0.3, 0.4) is 0 Å². The predicted octanol–water partition coefficient (Wildman–Crippen LogP) is 5.78. The molecule has 0 atom stereocenters. The number of nitrogens with one attached hydrogen (secondary N) is 1. The second kappa shape index (κ2) is 9.39. The lowest BCUT2D eigenvalue weighted by Gasteiger charge is -2.19. The van der Waals surface area contributed by atoms with Gasteiger partial charge < -0.3 is 5.32 Å². The first-order valence-corrected chi connectivity index (χ1v) is 10.1. The smallest absolute Gasteiger partial charge is 0.270 e. The zero-order chi connectivity index (χ0) is 23.3. The van der Waals surface area contributed by atoms with Gasteiger partial charge in [-0.15, -0.1) is 0 Å². The normalized spacial score (nSPS) is 11.3. The van der Waals surface area contributed by atoms with Crippen LogP contribution < -0.4 is 5.32 Å². The Morgan fingerprint density at radius 1 is 0.906 bits per heavy atom. The first-order valence-electron chi connectivity index (χ1n) is 10.1. The van der Waals surface area contributed by atoms with E-state index < -0.39 is 10.8 Å². The number of benzene rings is 3. The number of ketones is 1. The topological polar surface area (TPSA) is 89.3 Å². The Labute approximate surface area is 186 Å². The van der Waals surface area contributed by atoms with Crippen LogP contribution in [0.5, 0.6) is 0 Å². The van der Waals surface area contributed by atoms with Crippen molar-refractivity contribution in [1.82, 2.24) is 0 Å². The van der Waals surface area contributed by atoms with Crippen LogP contribution in [0.2, 0.25) is 0 Å². The van der Waals surface area contributed by atoms with E-state index in [1.165, 1.54) is 24.3 Å². The molecular formula is C26H24N2O4. The summed E-state index contributed by atoms with van der Waals surface area (Å²) >= 11 is 0. The number of hydrogen-bond acceptors (Lipinski definition) is 4. The summed E-state index contributed by atoms with van der Waals surface area (Å²) in [6.07, 6.45) is 2.78. The van der Waals surface area contributed by atoms with Gasteiger partial charge in [-0.3, -0.25) is 19.7 Å². The van der Waals surface area contributed by atoms with Crippen LogP contribution >= 0.6 is 0 Å². The van der Waals surface area contributed by atoms with E-state index in [0.29, 0.717) is 22.4 Å². The van der Waals surface area contributed by atoms with Crippen molar-refractivity contribution in [2.24, 2.45) is 0 Å². The number of nitro groups is 1. The van der Waals surface area contributed by atoms with Gasteiger partial charge in [0.15, 0.2) is 5.78 Å². The van der Waals surface area contributed by atoms with Crippen molar-refractivity contribution in [2.75, 3.05) is 5.32 Å². The van der Waals surface area contributed by atoms with Gasteiger partial charge in [0.1, 0.15) is 0 Å². The Hall–Kier alpha value is -4.06. The molecule has 0 aromatic heterocycles. The largest absolute Gasteiger partial charge is 0.322 e.